The minimum absolute atomic E-state index is 0.0674. The molecule has 1 saturated heterocycles. The highest BCUT2D eigenvalue weighted by atomic mass is 19.4. The Morgan fingerprint density at radius 3 is 2.38 bits per heavy atom. The van der Waals surface area contributed by atoms with Crippen LogP contribution in [0.2, 0.25) is 0 Å². The molecule has 0 amide bonds. The van der Waals surface area contributed by atoms with Crippen molar-refractivity contribution in [2.24, 2.45) is 0 Å². The van der Waals surface area contributed by atoms with E-state index in [2.05, 4.69) is 10.2 Å². The smallest absolute Gasteiger partial charge is 0.383 e. The molecule has 1 heterocycles. The van der Waals surface area contributed by atoms with Crippen LogP contribution in [0.15, 0.2) is 36.4 Å². The second-order valence-corrected chi connectivity index (χ2v) is 9.00. The lowest BCUT2D eigenvalue weighted by Crippen LogP contribution is -2.44. The van der Waals surface area contributed by atoms with Crippen molar-refractivity contribution in [1.29, 1.82) is 0 Å². The first-order valence-electron chi connectivity index (χ1n) is 11.0. The summed E-state index contributed by atoms with van der Waals surface area (Å²) < 4.78 is 41.4. The maximum atomic E-state index is 13.8. The first-order valence-corrected chi connectivity index (χ1v) is 11.0. The third-order valence-corrected chi connectivity index (χ3v) is 5.84. The van der Waals surface area contributed by atoms with Crippen molar-refractivity contribution >= 4 is 11.5 Å². The van der Waals surface area contributed by atoms with Crippen LogP contribution < -0.4 is 5.32 Å². The number of piperazine rings is 1. The van der Waals surface area contributed by atoms with Crippen molar-refractivity contribution in [1.82, 2.24) is 9.80 Å². The molecule has 0 saturated carbocycles. The first kappa shape index (κ1) is 24.3. The number of anilines is 1. The minimum Gasteiger partial charge on any atom is -0.383 e. The lowest BCUT2D eigenvalue weighted by Gasteiger charge is -2.33. The van der Waals surface area contributed by atoms with Gasteiger partial charge in [-0.25, -0.2) is 0 Å². The molecule has 1 fully saturated rings. The zero-order valence-electron chi connectivity index (χ0n) is 19.2. The van der Waals surface area contributed by atoms with Gasteiger partial charge in [0.25, 0.3) is 0 Å². The largest absolute Gasteiger partial charge is 0.416 e. The molecular formula is C25H32F3N3O. The summed E-state index contributed by atoms with van der Waals surface area (Å²) in [4.78, 5) is 17.1. The average molecular weight is 448 g/mol. The molecule has 0 atom stereocenters. The number of aryl methyl sites for hydroxylation is 1. The molecule has 0 spiro atoms. The molecule has 174 valence electrons. The summed E-state index contributed by atoms with van der Waals surface area (Å²) >= 11 is 0. The molecular weight excluding hydrogens is 415 g/mol. The summed E-state index contributed by atoms with van der Waals surface area (Å²) in [5, 5.41) is 3.30. The van der Waals surface area contributed by atoms with Crippen LogP contribution in [0, 0.1) is 6.92 Å². The van der Waals surface area contributed by atoms with Crippen molar-refractivity contribution in [3.05, 3.63) is 64.2 Å². The Morgan fingerprint density at radius 1 is 1.06 bits per heavy atom. The Labute approximate surface area is 188 Å². The highest BCUT2D eigenvalue weighted by Crippen LogP contribution is 2.34. The van der Waals surface area contributed by atoms with Gasteiger partial charge < -0.3 is 10.2 Å². The molecule has 7 heteroatoms. The molecule has 2 aromatic carbocycles. The summed E-state index contributed by atoms with van der Waals surface area (Å²) in [5.41, 5.74) is 2.37. The molecule has 32 heavy (non-hydrogen) atoms. The van der Waals surface area contributed by atoms with Gasteiger partial charge in [-0.2, -0.15) is 13.2 Å². The molecule has 2 aromatic rings. The lowest BCUT2D eigenvalue weighted by molar-refractivity contribution is -0.138. The maximum absolute atomic E-state index is 13.8. The summed E-state index contributed by atoms with van der Waals surface area (Å²) in [6, 6.07) is 9.91. The van der Waals surface area contributed by atoms with Crippen LogP contribution in [0.25, 0.3) is 0 Å². The Kier molecular flexibility index (Phi) is 7.62. The monoisotopic (exact) mass is 447 g/mol. The van der Waals surface area contributed by atoms with E-state index in [9.17, 15) is 18.0 Å². The van der Waals surface area contributed by atoms with Crippen molar-refractivity contribution in [2.45, 2.75) is 46.0 Å². The second kappa shape index (κ2) is 10.0. The molecule has 1 aliphatic rings. The van der Waals surface area contributed by atoms with Gasteiger partial charge in [0.2, 0.25) is 0 Å². The number of carbonyl (C=O) groups is 1. The van der Waals surface area contributed by atoms with E-state index >= 15 is 0 Å². The molecule has 0 radical (unpaired) electrons. The van der Waals surface area contributed by atoms with E-state index < -0.39 is 11.7 Å². The number of Topliss-reactive ketones (excluding diaryl/α,β-unsaturated/α-hetero) is 1. The normalized spacial score (nSPS) is 15.9. The summed E-state index contributed by atoms with van der Waals surface area (Å²) in [5.74, 6) is -0.197. The van der Waals surface area contributed by atoms with E-state index in [-0.39, 0.29) is 30.4 Å². The molecule has 1 aliphatic heterocycles. The van der Waals surface area contributed by atoms with Crippen LogP contribution in [0.4, 0.5) is 18.9 Å². The Hall–Kier alpha value is -2.38. The van der Waals surface area contributed by atoms with Gasteiger partial charge >= 0.3 is 6.18 Å². The van der Waals surface area contributed by atoms with Crippen LogP contribution in [0.5, 0.6) is 0 Å². The third kappa shape index (κ3) is 6.33. The SMILES string of the molecule is Cc1ccc(C(=O)Cc2ccc(CN3CCN(C)CC3)c(C(F)(F)F)c2)cc1NC(C)C. The maximum Gasteiger partial charge on any atom is 0.416 e. The van der Waals surface area contributed by atoms with Crippen LogP contribution in [-0.2, 0) is 19.1 Å². The van der Waals surface area contributed by atoms with Crippen molar-refractivity contribution in [2.75, 3.05) is 38.5 Å². The number of nitrogens with one attached hydrogen (secondary N) is 1. The highest BCUT2D eigenvalue weighted by Gasteiger charge is 2.34. The van der Waals surface area contributed by atoms with Crippen LogP contribution in [-0.4, -0.2) is 54.9 Å². The number of carbonyl (C=O) groups excluding carboxylic acids is 1. The van der Waals surface area contributed by atoms with E-state index in [1.807, 2.05) is 38.8 Å². The predicted molar refractivity (Wildman–Crippen MR) is 122 cm³/mol. The van der Waals surface area contributed by atoms with Gasteiger partial charge in [0, 0.05) is 56.4 Å². The number of hydrogen-bond acceptors (Lipinski definition) is 4. The number of alkyl halides is 3. The fraction of sp³-hybridized carbons (Fsp3) is 0.480. The number of ketones is 1. The zero-order valence-corrected chi connectivity index (χ0v) is 19.2. The lowest BCUT2D eigenvalue weighted by atomic mass is 9.97. The summed E-state index contributed by atoms with van der Waals surface area (Å²) in [7, 11) is 2.01. The molecule has 0 aliphatic carbocycles. The van der Waals surface area contributed by atoms with E-state index in [4.69, 9.17) is 0 Å². The summed E-state index contributed by atoms with van der Waals surface area (Å²) in [6.45, 7) is 9.41. The van der Waals surface area contributed by atoms with Crippen molar-refractivity contribution in [3.63, 3.8) is 0 Å². The molecule has 0 unspecified atom stereocenters. The number of halogens is 3. The van der Waals surface area contributed by atoms with Gasteiger partial charge in [0.05, 0.1) is 5.56 Å². The number of benzene rings is 2. The van der Waals surface area contributed by atoms with E-state index in [0.29, 0.717) is 11.1 Å². The van der Waals surface area contributed by atoms with Crippen molar-refractivity contribution < 1.29 is 18.0 Å². The number of rotatable bonds is 7. The highest BCUT2D eigenvalue weighted by molar-refractivity contribution is 5.98. The fourth-order valence-electron chi connectivity index (χ4n) is 3.93. The predicted octanol–water partition coefficient (Wildman–Crippen LogP) is 5.01. The van der Waals surface area contributed by atoms with Gasteiger partial charge in [0.15, 0.2) is 5.78 Å². The van der Waals surface area contributed by atoms with Gasteiger partial charge in [-0.1, -0.05) is 24.3 Å². The average Bonchev–Trinajstić information content (AvgIpc) is 2.71. The standard InChI is InChI=1S/C25H32F3N3O/c1-17(2)29-23-15-20(7-5-18(23)3)24(32)14-19-6-8-21(22(13-19)25(26,27)28)16-31-11-9-30(4)10-12-31/h5-8,13,15,17,29H,9-12,14,16H2,1-4H3. The Bertz CT molecular complexity index is 948. The minimum atomic E-state index is -4.46. The molecule has 0 aromatic heterocycles. The quantitative estimate of drug-likeness (QED) is 0.606. The Balaban J connectivity index is 1.79. The zero-order chi connectivity index (χ0) is 23.5. The second-order valence-electron chi connectivity index (χ2n) is 9.00. The van der Waals surface area contributed by atoms with E-state index in [1.54, 1.807) is 18.2 Å². The first-order chi connectivity index (χ1) is 15.0. The topological polar surface area (TPSA) is 35.6 Å². The van der Waals surface area contributed by atoms with Gasteiger partial charge in [-0.05, 0) is 56.6 Å². The molecule has 1 N–H and O–H groups in total. The van der Waals surface area contributed by atoms with Gasteiger partial charge in [0.1, 0.15) is 0 Å². The van der Waals surface area contributed by atoms with E-state index in [1.165, 1.54) is 6.07 Å². The number of nitrogens with zero attached hydrogens (tertiary/aromatic N) is 2. The van der Waals surface area contributed by atoms with Gasteiger partial charge in [-0.15, -0.1) is 0 Å². The number of likely N-dealkylation sites (N-methyl/N-ethyl adjacent to an activating group) is 1. The van der Waals surface area contributed by atoms with E-state index in [0.717, 1.165) is 43.5 Å². The van der Waals surface area contributed by atoms with Crippen LogP contribution in [0.3, 0.4) is 0 Å². The summed E-state index contributed by atoms with van der Waals surface area (Å²) in [6.07, 6.45) is -4.53. The molecule has 4 nitrogen and oxygen atoms in total. The molecule has 3 rings (SSSR count). The third-order valence-electron chi connectivity index (χ3n) is 5.84. The van der Waals surface area contributed by atoms with Crippen LogP contribution >= 0.6 is 0 Å². The van der Waals surface area contributed by atoms with Crippen molar-refractivity contribution in [3.8, 4) is 0 Å². The Morgan fingerprint density at radius 2 is 1.75 bits per heavy atom. The fourth-order valence-corrected chi connectivity index (χ4v) is 3.93. The molecule has 0 bridgehead atoms. The number of hydrogen-bond donors (Lipinski definition) is 1. The van der Waals surface area contributed by atoms with Crippen LogP contribution in [0.1, 0.15) is 46.5 Å². The van der Waals surface area contributed by atoms with Gasteiger partial charge in [-0.3, -0.25) is 9.69 Å².